The molecule has 154 valence electrons. The maximum Gasteiger partial charge on any atom is 0.338 e. The number of hydrogen-bond donors (Lipinski definition) is 0. The second-order valence-corrected chi connectivity index (χ2v) is 7.79. The molecule has 0 saturated carbocycles. The van der Waals surface area contributed by atoms with Crippen LogP contribution in [0.5, 0.6) is 0 Å². The van der Waals surface area contributed by atoms with Crippen LogP contribution in [-0.4, -0.2) is 32.7 Å². The molecule has 0 bridgehead atoms. The molecular formula is C22H20ClN3O4. The van der Waals surface area contributed by atoms with Crippen LogP contribution in [0.2, 0.25) is 5.15 Å². The third-order valence-corrected chi connectivity index (χ3v) is 6.04. The highest BCUT2D eigenvalue weighted by molar-refractivity contribution is 6.36. The molecule has 1 aromatic carbocycles. The summed E-state index contributed by atoms with van der Waals surface area (Å²) in [7, 11) is 0. The zero-order valence-corrected chi connectivity index (χ0v) is 17.2. The molecule has 5 rings (SSSR count). The van der Waals surface area contributed by atoms with Gasteiger partial charge < -0.3 is 13.9 Å². The Morgan fingerprint density at radius 2 is 2.03 bits per heavy atom. The van der Waals surface area contributed by atoms with Gasteiger partial charge in [-0.15, -0.1) is 0 Å². The highest BCUT2D eigenvalue weighted by Gasteiger charge is 2.46. The van der Waals surface area contributed by atoms with Crippen molar-refractivity contribution in [3.63, 3.8) is 0 Å². The van der Waals surface area contributed by atoms with E-state index in [-0.39, 0.29) is 18.0 Å². The van der Waals surface area contributed by atoms with Crippen LogP contribution >= 0.6 is 11.6 Å². The fourth-order valence-electron chi connectivity index (χ4n) is 4.24. The molecule has 4 heterocycles. The molecule has 4 atom stereocenters. The van der Waals surface area contributed by atoms with Gasteiger partial charge in [-0.05, 0) is 18.6 Å². The molecule has 0 aliphatic carbocycles. The van der Waals surface area contributed by atoms with Crippen LogP contribution in [0.25, 0.3) is 22.1 Å². The van der Waals surface area contributed by atoms with E-state index >= 15 is 0 Å². The van der Waals surface area contributed by atoms with Gasteiger partial charge in [0, 0.05) is 12.0 Å². The summed E-state index contributed by atoms with van der Waals surface area (Å²) in [6.07, 6.45) is 2.64. The monoisotopic (exact) mass is 425 g/mol. The van der Waals surface area contributed by atoms with Crippen molar-refractivity contribution >= 4 is 39.7 Å². The van der Waals surface area contributed by atoms with Gasteiger partial charge in [0.1, 0.15) is 11.5 Å². The van der Waals surface area contributed by atoms with Crippen molar-refractivity contribution in [2.45, 2.75) is 38.7 Å². The summed E-state index contributed by atoms with van der Waals surface area (Å²) in [5.74, 6) is -0.394. The molecule has 7 nitrogen and oxygen atoms in total. The van der Waals surface area contributed by atoms with Gasteiger partial charge in [-0.3, -0.25) is 4.57 Å². The van der Waals surface area contributed by atoms with E-state index in [1.807, 2.05) is 35.8 Å². The molecule has 30 heavy (non-hydrogen) atoms. The van der Waals surface area contributed by atoms with Crippen molar-refractivity contribution in [3.8, 4) is 0 Å². The minimum Gasteiger partial charge on any atom is -0.462 e. The first-order chi connectivity index (χ1) is 14.6. The Morgan fingerprint density at radius 3 is 2.80 bits per heavy atom. The Labute approximate surface area is 177 Å². The zero-order valence-electron chi connectivity index (χ0n) is 16.5. The molecule has 3 aromatic heterocycles. The van der Waals surface area contributed by atoms with Crippen LogP contribution in [0.4, 0.5) is 0 Å². The molecule has 1 aliphatic rings. The number of carbonyl (C=O) groups is 1. The summed E-state index contributed by atoms with van der Waals surface area (Å²) in [5.41, 5.74) is 2.43. The van der Waals surface area contributed by atoms with E-state index < -0.39 is 12.3 Å². The van der Waals surface area contributed by atoms with Gasteiger partial charge in [0.05, 0.1) is 28.8 Å². The Hall–Kier alpha value is -2.90. The molecular weight excluding hydrogens is 406 g/mol. The second-order valence-electron chi connectivity index (χ2n) is 7.44. The van der Waals surface area contributed by atoms with Crippen LogP contribution in [0.3, 0.4) is 0 Å². The average Bonchev–Trinajstić information content (AvgIpc) is 3.42. The van der Waals surface area contributed by atoms with Gasteiger partial charge in [0.25, 0.3) is 0 Å². The Bertz CT molecular complexity index is 1220. The fraction of sp³-hybridized carbons (Fsp3) is 0.318. The molecule has 1 aliphatic heterocycles. The number of benzene rings is 1. The standard InChI is InChI=1S/C22H20ClN3O4/c1-3-15-12(2)17(30-22(27)13-7-5-4-6-8-13)21(29-15)26-14-9-10-28-18(14)16-19(23)24-11-25-20(16)26/h4-12,15,17,21H,3H2,1-2H3/t12-,15-,17-,21-/m1/s1. The number of ether oxygens (including phenoxy) is 2. The Kier molecular flexibility index (Phi) is 4.72. The van der Waals surface area contributed by atoms with Crippen LogP contribution in [-0.2, 0) is 9.47 Å². The van der Waals surface area contributed by atoms with E-state index in [0.717, 1.165) is 11.9 Å². The molecule has 0 radical (unpaired) electrons. The number of rotatable bonds is 4. The fourth-order valence-corrected chi connectivity index (χ4v) is 4.46. The van der Waals surface area contributed by atoms with Gasteiger partial charge >= 0.3 is 5.97 Å². The summed E-state index contributed by atoms with van der Waals surface area (Å²) in [5, 5.41) is 0.915. The van der Waals surface area contributed by atoms with Crippen LogP contribution < -0.4 is 0 Å². The van der Waals surface area contributed by atoms with Crippen LogP contribution in [0, 0.1) is 5.92 Å². The van der Waals surface area contributed by atoms with Gasteiger partial charge in [0.15, 0.2) is 23.6 Å². The molecule has 1 saturated heterocycles. The topological polar surface area (TPSA) is 79.4 Å². The number of esters is 1. The molecule has 0 amide bonds. The number of halogens is 1. The van der Waals surface area contributed by atoms with Gasteiger partial charge in [-0.2, -0.15) is 0 Å². The van der Waals surface area contributed by atoms with Crippen LogP contribution in [0.15, 0.2) is 53.4 Å². The maximum atomic E-state index is 12.8. The lowest BCUT2D eigenvalue weighted by atomic mass is 9.98. The van der Waals surface area contributed by atoms with E-state index in [1.165, 1.54) is 6.33 Å². The van der Waals surface area contributed by atoms with Gasteiger partial charge in [-0.1, -0.05) is 43.6 Å². The first kappa shape index (κ1) is 19.1. The van der Waals surface area contributed by atoms with Crippen molar-refractivity contribution in [1.29, 1.82) is 0 Å². The SMILES string of the molecule is CC[C@H]1O[C@@H](n2c3ccoc3c3c(Cl)ncnc32)[C@H](OC(=O)c2ccccc2)[C@@H]1C. The highest BCUT2D eigenvalue weighted by Crippen LogP contribution is 2.43. The van der Waals surface area contributed by atoms with Crippen molar-refractivity contribution in [3.05, 3.63) is 59.7 Å². The largest absolute Gasteiger partial charge is 0.462 e. The number of nitrogens with zero attached hydrogens (tertiary/aromatic N) is 3. The summed E-state index contributed by atoms with van der Waals surface area (Å²) in [6, 6.07) is 10.8. The van der Waals surface area contributed by atoms with E-state index in [0.29, 0.717) is 27.3 Å². The van der Waals surface area contributed by atoms with Crippen molar-refractivity contribution in [2.75, 3.05) is 0 Å². The lowest BCUT2D eigenvalue weighted by Crippen LogP contribution is -2.30. The number of fused-ring (bicyclic) bond motifs is 3. The summed E-state index contributed by atoms with van der Waals surface area (Å²) in [4.78, 5) is 21.4. The van der Waals surface area contributed by atoms with E-state index in [4.69, 9.17) is 25.5 Å². The Balaban J connectivity index is 1.62. The normalized spacial score (nSPS) is 24.0. The molecule has 8 heteroatoms. The quantitative estimate of drug-likeness (QED) is 0.338. The number of furan rings is 1. The average molecular weight is 426 g/mol. The molecule has 4 aromatic rings. The number of hydrogen-bond acceptors (Lipinski definition) is 6. The zero-order chi connectivity index (χ0) is 20.8. The second kappa shape index (κ2) is 7.41. The van der Waals surface area contributed by atoms with Gasteiger partial charge in [-0.25, -0.2) is 14.8 Å². The lowest BCUT2D eigenvalue weighted by Gasteiger charge is -2.23. The van der Waals surface area contributed by atoms with Gasteiger partial charge in [0.2, 0.25) is 0 Å². The van der Waals surface area contributed by atoms with Crippen molar-refractivity contribution < 1.29 is 18.7 Å². The lowest BCUT2D eigenvalue weighted by molar-refractivity contribution is -0.0447. The first-order valence-corrected chi connectivity index (χ1v) is 10.3. The minimum absolute atomic E-state index is 0.00984. The first-order valence-electron chi connectivity index (χ1n) is 9.89. The third-order valence-electron chi connectivity index (χ3n) is 5.75. The minimum atomic E-state index is -0.568. The van der Waals surface area contributed by atoms with E-state index in [2.05, 4.69) is 16.9 Å². The molecule has 0 unspecified atom stereocenters. The van der Waals surface area contributed by atoms with Crippen molar-refractivity contribution in [2.24, 2.45) is 5.92 Å². The van der Waals surface area contributed by atoms with Crippen LogP contribution in [0.1, 0.15) is 36.9 Å². The number of aromatic nitrogens is 3. The third kappa shape index (κ3) is 2.88. The predicted octanol–water partition coefficient (Wildman–Crippen LogP) is 5.00. The molecule has 0 spiro atoms. The highest BCUT2D eigenvalue weighted by atomic mass is 35.5. The Morgan fingerprint density at radius 1 is 1.23 bits per heavy atom. The molecule has 1 fully saturated rings. The maximum absolute atomic E-state index is 12.8. The predicted molar refractivity (Wildman–Crippen MR) is 111 cm³/mol. The molecule has 0 N–H and O–H groups in total. The van der Waals surface area contributed by atoms with E-state index in [9.17, 15) is 4.79 Å². The number of carbonyl (C=O) groups excluding carboxylic acids is 1. The summed E-state index contributed by atoms with van der Waals surface area (Å²) in [6.45, 7) is 4.09. The van der Waals surface area contributed by atoms with E-state index in [1.54, 1.807) is 18.4 Å². The smallest absolute Gasteiger partial charge is 0.338 e. The summed E-state index contributed by atoms with van der Waals surface area (Å²) < 4.78 is 19.9. The summed E-state index contributed by atoms with van der Waals surface area (Å²) >= 11 is 6.35. The van der Waals surface area contributed by atoms with Crippen molar-refractivity contribution in [1.82, 2.24) is 14.5 Å².